The van der Waals surface area contributed by atoms with Gasteiger partial charge in [-0.25, -0.2) is 4.98 Å². The highest BCUT2D eigenvalue weighted by Gasteiger charge is 2.15. The van der Waals surface area contributed by atoms with Crippen molar-refractivity contribution in [2.45, 2.75) is 0 Å². The molecule has 7 aromatic carbocycles. The topological polar surface area (TPSA) is 29.3 Å². The molecule has 0 N–H and O–H groups in total. The zero-order valence-corrected chi connectivity index (χ0v) is 24.0. The Labute approximate surface area is 256 Å². The van der Waals surface area contributed by atoms with Gasteiger partial charge in [-0.1, -0.05) is 109 Å². The molecule has 0 unspecified atom stereocenters. The van der Waals surface area contributed by atoms with E-state index in [1.54, 1.807) is 0 Å². The molecule has 0 radical (unpaired) electrons. The molecule has 0 fully saturated rings. The minimum atomic E-state index is 0.585. The number of hydrogen-bond acceptors (Lipinski definition) is 3. The Morgan fingerprint density at radius 2 is 1.18 bits per heavy atom. The number of aromatic nitrogens is 1. The van der Waals surface area contributed by atoms with Crippen molar-refractivity contribution in [2.75, 3.05) is 4.90 Å². The maximum atomic E-state index is 6.06. The molecule has 0 aliphatic heterocycles. The summed E-state index contributed by atoms with van der Waals surface area (Å²) in [5, 5.41) is 4.89. The predicted molar refractivity (Wildman–Crippen MR) is 185 cm³/mol. The van der Waals surface area contributed by atoms with Crippen LogP contribution in [0.2, 0.25) is 0 Å². The Kier molecular flexibility index (Phi) is 6.47. The zero-order chi connectivity index (χ0) is 29.3. The number of benzene rings is 7. The molecule has 1 aromatic heterocycles. The van der Waals surface area contributed by atoms with E-state index in [4.69, 9.17) is 9.40 Å². The van der Waals surface area contributed by atoms with Crippen LogP contribution in [0.5, 0.6) is 0 Å². The highest BCUT2D eigenvalue weighted by molar-refractivity contribution is 5.99. The third kappa shape index (κ3) is 4.91. The fourth-order valence-electron chi connectivity index (χ4n) is 5.87. The van der Waals surface area contributed by atoms with Gasteiger partial charge in [-0.2, -0.15) is 0 Å². The zero-order valence-electron chi connectivity index (χ0n) is 24.0. The summed E-state index contributed by atoms with van der Waals surface area (Å²) < 4.78 is 6.06. The van der Waals surface area contributed by atoms with Crippen molar-refractivity contribution >= 4 is 61.9 Å². The van der Waals surface area contributed by atoms with E-state index in [-0.39, 0.29) is 0 Å². The Morgan fingerprint density at radius 3 is 2.05 bits per heavy atom. The summed E-state index contributed by atoms with van der Waals surface area (Å²) in [6.07, 6.45) is 3.98. The largest absolute Gasteiger partial charge is 0.437 e. The molecule has 8 aromatic rings. The second-order valence-corrected chi connectivity index (χ2v) is 10.9. The average molecular weight is 565 g/mol. The van der Waals surface area contributed by atoms with E-state index < -0.39 is 0 Å². The summed E-state index contributed by atoms with van der Waals surface area (Å²) in [6.45, 7) is 0. The number of para-hydroxylation sites is 1. The SMILES string of the molecule is C(=Cc1nc2cc(-c3ccc4ccccc4c3)ccc2o1)c1ccc(N(c2ccccc2)c2cccc3ccccc23)cc1. The molecule has 0 bridgehead atoms. The molecular weight excluding hydrogens is 536 g/mol. The number of nitrogens with zero attached hydrogens (tertiary/aromatic N) is 2. The van der Waals surface area contributed by atoms with E-state index in [9.17, 15) is 0 Å². The van der Waals surface area contributed by atoms with E-state index in [1.807, 2.05) is 18.2 Å². The van der Waals surface area contributed by atoms with Crippen molar-refractivity contribution in [1.29, 1.82) is 0 Å². The number of hydrogen-bond donors (Lipinski definition) is 0. The van der Waals surface area contributed by atoms with Gasteiger partial charge in [0.15, 0.2) is 5.58 Å². The first-order valence-electron chi connectivity index (χ1n) is 14.8. The maximum Gasteiger partial charge on any atom is 0.220 e. The number of fused-ring (bicyclic) bond motifs is 3. The Bertz CT molecular complexity index is 2280. The normalized spacial score (nSPS) is 11.5. The van der Waals surface area contributed by atoms with Crippen LogP contribution in [-0.2, 0) is 0 Å². The van der Waals surface area contributed by atoms with Gasteiger partial charge in [-0.05, 0) is 87.5 Å². The second-order valence-electron chi connectivity index (χ2n) is 10.9. The van der Waals surface area contributed by atoms with Gasteiger partial charge in [0.05, 0.1) is 5.69 Å². The smallest absolute Gasteiger partial charge is 0.220 e. The minimum absolute atomic E-state index is 0.585. The first kappa shape index (κ1) is 25.8. The molecule has 3 nitrogen and oxygen atoms in total. The molecule has 0 saturated heterocycles. The van der Waals surface area contributed by atoms with Crippen molar-refractivity contribution in [2.24, 2.45) is 0 Å². The highest BCUT2D eigenvalue weighted by Crippen LogP contribution is 2.38. The molecule has 0 amide bonds. The Hall–Kier alpha value is -5.93. The lowest BCUT2D eigenvalue weighted by Gasteiger charge is -2.27. The molecule has 0 atom stereocenters. The van der Waals surface area contributed by atoms with Crippen LogP contribution < -0.4 is 4.90 Å². The van der Waals surface area contributed by atoms with E-state index in [0.29, 0.717) is 5.89 Å². The van der Waals surface area contributed by atoms with E-state index in [1.165, 1.54) is 27.1 Å². The van der Waals surface area contributed by atoms with Gasteiger partial charge in [-0.15, -0.1) is 0 Å². The second kappa shape index (κ2) is 11.0. The number of anilines is 3. The molecule has 1 heterocycles. The summed E-state index contributed by atoms with van der Waals surface area (Å²) in [4.78, 5) is 7.08. The van der Waals surface area contributed by atoms with Crippen molar-refractivity contribution in [1.82, 2.24) is 4.98 Å². The van der Waals surface area contributed by atoms with E-state index in [0.717, 1.165) is 39.3 Å². The quantitative estimate of drug-likeness (QED) is 0.201. The Balaban J connectivity index is 1.08. The average Bonchev–Trinajstić information content (AvgIpc) is 3.51. The molecule has 0 aliphatic carbocycles. The fraction of sp³-hybridized carbons (Fsp3) is 0. The van der Waals surface area contributed by atoms with Gasteiger partial charge >= 0.3 is 0 Å². The molecule has 208 valence electrons. The van der Waals surface area contributed by atoms with Gasteiger partial charge in [-0.3, -0.25) is 0 Å². The van der Waals surface area contributed by atoms with Crippen LogP contribution >= 0.6 is 0 Å². The van der Waals surface area contributed by atoms with Crippen molar-refractivity contribution in [3.8, 4) is 11.1 Å². The maximum absolute atomic E-state index is 6.06. The molecule has 44 heavy (non-hydrogen) atoms. The predicted octanol–water partition coefficient (Wildman–Crippen LogP) is 11.4. The van der Waals surface area contributed by atoms with E-state index >= 15 is 0 Å². The van der Waals surface area contributed by atoms with Crippen LogP contribution in [-0.4, -0.2) is 4.98 Å². The first-order valence-corrected chi connectivity index (χ1v) is 14.8. The minimum Gasteiger partial charge on any atom is -0.437 e. The van der Waals surface area contributed by atoms with Crippen LogP contribution in [0.15, 0.2) is 162 Å². The van der Waals surface area contributed by atoms with Gasteiger partial charge in [0, 0.05) is 22.8 Å². The third-order valence-electron chi connectivity index (χ3n) is 8.08. The van der Waals surface area contributed by atoms with Gasteiger partial charge < -0.3 is 9.32 Å². The van der Waals surface area contributed by atoms with E-state index in [2.05, 4.69) is 157 Å². The summed E-state index contributed by atoms with van der Waals surface area (Å²) in [5.74, 6) is 0.585. The van der Waals surface area contributed by atoms with Gasteiger partial charge in [0.1, 0.15) is 5.52 Å². The summed E-state index contributed by atoms with van der Waals surface area (Å²) in [7, 11) is 0. The van der Waals surface area contributed by atoms with Crippen molar-refractivity contribution < 1.29 is 4.42 Å². The van der Waals surface area contributed by atoms with Crippen molar-refractivity contribution in [3.05, 3.63) is 169 Å². The molecule has 0 saturated carbocycles. The van der Waals surface area contributed by atoms with Gasteiger partial charge in [0.2, 0.25) is 5.89 Å². The lowest BCUT2D eigenvalue weighted by Crippen LogP contribution is -2.10. The monoisotopic (exact) mass is 564 g/mol. The highest BCUT2D eigenvalue weighted by atomic mass is 16.3. The lowest BCUT2D eigenvalue weighted by atomic mass is 10.0. The molecule has 8 rings (SSSR count). The van der Waals surface area contributed by atoms with Crippen LogP contribution in [0.1, 0.15) is 11.5 Å². The molecular formula is C41H28N2O. The fourth-order valence-corrected chi connectivity index (χ4v) is 5.87. The Morgan fingerprint density at radius 1 is 0.500 bits per heavy atom. The van der Waals surface area contributed by atoms with Gasteiger partial charge in [0.25, 0.3) is 0 Å². The number of rotatable bonds is 6. The summed E-state index contributed by atoms with van der Waals surface area (Å²) >= 11 is 0. The lowest BCUT2D eigenvalue weighted by molar-refractivity contribution is 0.590. The van der Waals surface area contributed by atoms with Crippen LogP contribution in [0.3, 0.4) is 0 Å². The van der Waals surface area contributed by atoms with Crippen molar-refractivity contribution in [3.63, 3.8) is 0 Å². The summed E-state index contributed by atoms with van der Waals surface area (Å²) in [6, 6.07) is 55.2. The summed E-state index contributed by atoms with van der Waals surface area (Å²) in [5.41, 5.74) is 8.33. The molecule has 0 aliphatic rings. The third-order valence-corrected chi connectivity index (χ3v) is 8.08. The van der Waals surface area contributed by atoms with Crippen LogP contribution in [0, 0.1) is 0 Å². The number of oxazole rings is 1. The van der Waals surface area contributed by atoms with Crippen LogP contribution in [0.4, 0.5) is 17.1 Å². The standard InChI is InChI=1S/C41H28N2O/c1-2-13-35(14-3-1)43(39-16-8-12-31-10-6-7-15-37(31)39)36-23-17-29(18-24-36)19-26-41-42-38-28-34(22-25-40(38)44-41)33-21-20-30-9-4-5-11-32(30)27-33/h1-28H. The van der Waals surface area contributed by atoms with Crippen LogP contribution in [0.25, 0.3) is 55.9 Å². The molecule has 0 spiro atoms. The molecule has 3 heteroatoms. The first-order chi connectivity index (χ1) is 21.8.